The summed E-state index contributed by atoms with van der Waals surface area (Å²) in [6.07, 6.45) is 10.7. The quantitative estimate of drug-likeness (QED) is 0.435. The zero-order valence-corrected chi connectivity index (χ0v) is 13.7. The largest absolute Gasteiger partial charge is 0.317 e. The third-order valence-corrected chi connectivity index (χ3v) is 3.46. The van der Waals surface area contributed by atoms with Gasteiger partial charge in [0.25, 0.3) is 0 Å². The van der Waals surface area contributed by atoms with E-state index in [9.17, 15) is 0 Å². The van der Waals surface area contributed by atoms with E-state index in [0.717, 1.165) is 23.4 Å². The van der Waals surface area contributed by atoms with Gasteiger partial charge in [-0.05, 0) is 48.7 Å². The van der Waals surface area contributed by atoms with E-state index in [2.05, 4.69) is 85.8 Å². The van der Waals surface area contributed by atoms with Gasteiger partial charge in [-0.3, -0.25) is 0 Å². The van der Waals surface area contributed by atoms with Crippen LogP contribution in [0.2, 0.25) is 0 Å². The van der Waals surface area contributed by atoms with Crippen LogP contribution in [-0.4, -0.2) is 0 Å². The van der Waals surface area contributed by atoms with Crippen molar-refractivity contribution in [3.05, 3.63) is 109 Å². The number of anilines is 2. The van der Waals surface area contributed by atoms with E-state index in [-0.39, 0.29) is 0 Å². The molecule has 0 heterocycles. The Morgan fingerprint density at radius 1 is 0.957 bits per heavy atom. The predicted molar refractivity (Wildman–Crippen MR) is 102 cm³/mol. The minimum Gasteiger partial charge on any atom is -0.317 e. The van der Waals surface area contributed by atoms with Crippen molar-refractivity contribution in [2.75, 3.05) is 4.90 Å². The topological polar surface area (TPSA) is 3.24 Å². The average molecular weight is 301 g/mol. The predicted octanol–water partition coefficient (Wildman–Crippen LogP) is 6.20. The van der Waals surface area contributed by atoms with Gasteiger partial charge in [0, 0.05) is 17.6 Å². The highest BCUT2D eigenvalue weighted by atomic mass is 15.1. The molecule has 23 heavy (non-hydrogen) atoms. The number of benzene rings is 2. The van der Waals surface area contributed by atoms with Crippen LogP contribution in [0.25, 0.3) is 0 Å². The van der Waals surface area contributed by atoms with Gasteiger partial charge in [-0.2, -0.15) is 0 Å². The van der Waals surface area contributed by atoms with Crippen LogP contribution < -0.4 is 4.90 Å². The molecular formula is C22H23N. The van der Waals surface area contributed by atoms with Crippen LogP contribution in [0, 0.1) is 0 Å². The third-order valence-electron chi connectivity index (χ3n) is 3.46. The van der Waals surface area contributed by atoms with Crippen molar-refractivity contribution in [2.45, 2.75) is 13.3 Å². The van der Waals surface area contributed by atoms with Gasteiger partial charge in [0.15, 0.2) is 0 Å². The van der Waals surface area contributed by atoms with Crippen molar-refractivity contribution in [3.8, 4) is 0 Å². The first-order valence-electron chi connectivity index (χ1n) is 7.76. The molecule has 0 amide bonds. The van der Waals surface area contributed by atoms with Crippen LogP contribution in [0.5, 0.6) is 0 Å². The van der Waals surface area contributed by atoms with E-state index in [4.69, 9.17) is 0 Å². The highest BCUT2D eigenvalue weighted by Crippen LogP contribution is 2.27. The summed E-state index contributed by atoms with van der Waals surface area (Å²) in [7, 11) is 0. The molecule has 2 rings (SSSR count). The second-order valence-electron chi connectivity index (χ2n) is 5.33. The van der Waals surface area contributed by atoms with Crippen LogP contribution in [0.15, 0.2) is 104 Å². The van der Waals surface area contributed by atoms with E-state index in [1.54, 1.807) is 6.08 Å². The minimum absolute atomic E-state index is 0.891. The monoisotopic (exact) mass is 301 g/mol. The molecule has 0 saturated carbocycles. The molecule has 0 fully saturated rings. The van der Waals surface area contributed by atoms with Crippen LogP contribution >= 0.6 is 0 Å². The maximum Gasteiger partial charge on any atom is 0.0455 e. The van der Waals surface area contributed by atoms with E-state index in [1.165, 1.54) is 5.56 Å². The third kappa shape index (κ3) is 4.86. The molecule has 0 aliphatic heterocycles. The van der Waals surface area contributed by atoms with Gasteiger partial charge in [-0.15, -0.1) is 6.58 Å². The normalized spacial score (nSPS) is 11.4. The second kappa shape index (κ2) is 8.60. The highest BCUT2D eigenvalue weighted by molar-refractivity contribution is 5.66. The Balaban J connectivity index is 2.39. The molecule has 2 aromatic carbocycles. The Labute approximate surface area is 139 Å². The molecule has 1 nitrogen and oxygen atoms in total. The van der Waals surface area contributed by atoms with Crippen molar-refractivity contribution >= 4 is 11.4 Å². The molecule has 0 spiro atoms. The van der Waals surface area contributed by atoms with Gasteiger partial charge >= 0.3 is 0 Å². The van der Waals surface area contributed by atoms with Crippen LogP contribution in [-0.2, 0) is 6.42 Å². The lowest BCUT2D eigenvalue weighted by Crippen LogP contribution is -2.09. The summed E-state index contributed by atoms with van der Waals surface area (Å²) >= 11 is 0. The summed E-state index contributed by atoms with van der Waals surface area (Å²) in [6.45, 7) is 9.60. The molecule has 0 aliphatic rings. The van der Waals surface area contributed by atoms with Crippen LogP contribution in [0.4, 0.5) is 11.4 Å². The number of hydrogen-bond donors (Lipinski definition) is 0. The fourth-order valence-corrected chi connectivity index (χ4v) is 2.31. The SMILES string of the molecule is C=C/C=C\C(C)=C/N(c1ccccc1)c1ccc(CC=C)cc1. The summed E-state index contributed by atoms with van der Waals surface area (Å²) in [6, 6.07) is 18.9. The molecule has 116 valence electrons. The van der Waals surface area contributed by atoms with Crippen molar-refractivity contribution in [1.82, 2.24) is 0 Å². The number of para-hydroxylation sites is 1. The Kier molecular flexibility index (Phi) is 6.19. The number of allylic oxidation sites excluding steroid dienone is 5. The average Bonchev–Trinajstić information content (AvgIpc) is 2.60. The molecule has 0 atom stereocenters. The maximum atomic E-state index is 3.79. The van der Waals surface area contributed by atoms with Gasteiger partial charge in [-0.25, -0.2) is 0 Å². The zero-order valence-electron chi connectivity index (χ0n) is 13.7. The Hall–Kier alpha value is -2.80. The van der Waals surface area contributed by atoms with Crippen LogP contribution in [0.1, 0.15) is 12.5 Å². The van der Waals surface area contributed by atoms with E-state index < -0.39 is 0 Å². The summed E-state index contributed by atoms with van der Waals surface area (Å²) in [4.78, 5) is 2.19. The Bertz CT molecular complexity index is 691. The molecule has 0 radical (unpaired) electrons. The summed E-state index contributed by atoms with van der Waals surface area (Å²) in [5.74, 6) is 0. The Morgan fingerprint density at radius 3 is 2.22 bits per heavy atom. The Morgan fingerprint density at radius 2 is 1.61 bits per heavy atom. The van der Waals surface area contributed by atoms with E-state index >= 15 is 0 Å². The molecule has 0 bridgehead atoms. The summed E-state index contributed by atoms with van der Waals surface area (Å²) in [5.41, 5.74) is 4.69. The first kappa shape index (κ1) is 16.6. The fourth-order valence-electron chi connectivity index (χ4n) is 2.31. The summed E-state index contributed by atoms with van der Waals surface area (Å²) in [5, 5.41) is 0. The van der Waals surface area contributed by atoms with Gasteiger partial charge in [-0.1, -0.05) is 61.2 Å². The lowest BCUT2D eigenvalue weighted by Gasteiger charge is -2.22. The van der Waals surface area contributed by atoms with Crippen molar-refractivity contribution in [3.63, 3.8) is 0 Å². The molecule has 0 N–H and O–H groups in total. The molecular weight excluding hydrogens is 278 g/mol. The highest BCUT2D eigenvalue weighted by Gasteiger charge is 2.06. The number of nitrogens with zero attached hydrogens (tertiary/aromatic N) is 1. The minimum atomic E-state index is 0.891. The van der Waals surface area contributed by atoms with Crippen LogP contribution in [0.3, 0.4) is 0 Å². The molecule has 2 aromatic rings. The first-order valence-corrected chi connectivity index (χ1v) is 7.76. The molecule has 0 aliphatic carbocycles. The van der Waals surface area contributed by atoms with Crippen molar-refractivity contribution < 1.29 is 0 Å². The standard InChI is InChI=1S/C22H23N/c1-4-6-11-19(3)18-23(21-12-8-7-9-13-21)22-16-14-20(10-5-2)15-17-22/h4-9,11-18H,1-2,10H2,3H3/b11-6-,19-18-. The van der Waals surface area contributed by atoms with Crippen molar-refractivity contribution in [1.29, 1.82) is 0 Å². The number of hydrogen-bond acceptors (Lipinski definition) is 1. The maximum absolute atomic E-state index is 3.79. The lowest BCUT2D eigenvalue weighted by molar-refractivity contribution is 1.22. The van der Waals surface area contributed by atoms with Gasteiger partial charge in [0.2, 0.25) is 0 Å². The van der Waals surface area contributed by atoms with Crippen molar-refractivity contribution in [2.24, 2.45) is 0 Å². The molecule has 0 aromatic heterocycles. The zero-order chi connectivity index (χ0) is 16.5. The molecule has 1 heteroatoms. The fraction of sp³-hybridized carbons (Fsp3) is 0.0909. The van der Waals surface area contributed by atoms with Gasteiger partial charge in [0.1, 0.15) is 0 Å². The lowest BCUT2D eigenvalue weighted by atomic mass is 10.1. The first-order chi connectivity index (χ1) is 11.2. The van der Waals surface area contributed by atoms with Gasteiger partial charge < -0.3 is 4.90 Å². The molecule has 0 saturated heterocycles. The second-order valence-corrected chi connectivity index (χ2v) is 5.33. The number of rotatable bonds is 7. The van der Waals surface area contributed by atoms with E-state index in [0.29, 0.717) is 0 Å². The van der Waals surface area contributed by atoms with E-state index in [1.807, 2.05) is 18.2 Å². The smallest absolute Gasteiger partial charge is 0.0455 e. The molecule has 0 unspecified atom stereocenters. The van der Waals surface area contributed by atoms with Gasteiger partial charge in [0.05, 0.1) is 0 Å². The summed E-state index contributed by atoms with van der Waals surface area (Å²) < 4.78 is 0.